The van der Waals surface area contributed by atoms with E-state index >= 15 is 0 Å². The zero-order chi connectivity index (χ0) is 40.5. The van der Waals surface area contributed by atoms with Gasteiger partial charge in [-0.3, -0.25) is 0 Å². The molecule has 56 heavy (non-hydrogen) atoms. The van der Waals surface area contributed by atoms with E-state index in [4.69, 9.17) is 0 Å². The predicted molar refractivity (Wildman–Crippen MR) is 235 cm³/mol. The number of rotatable bonds is 6. The van der Waals surface area contributed by atoms with Gasteiger partial charge in [-0.1, -0.05) is 0 Å². The van der Waals surface area contributed by atoms with Crippen molar-refractivity contribution < 1.29 is 57.7 Å². The van der Waals surface area contributed by atoms with Crippen LogP contribution >= 0.6 is 0 Å². The molecule has 1 atom stereocenters. The van der Waals surface area contributed by atoms with E-state index in [2.05, 4.69) is 220 Å². The van der Waals surface area contributed by atoms with Crippen molar-refractivity contribution >= 4 is 23.6 Å². The first kappa shape index (κ1) is 53.0. The smallest absolute Gasteiger partial charge is 1.00 e. The van der Waals surface area contributed by atoms with Gasteiger partial charge in [0, 0.05) is 0 Å². The Kier molecular flexibility index (Phi) is 16.9. The second kappa shape index (κ2) is 17.9. The van der Waals surface area contributed by atoms with Crippen molar-refractivity contribution in [2.24, 2.45) is 5.92 Å². The summed E-state index contributed by atoms with van der Waals surface area (Å²) in [5.41, 5.74) is 10.2. The van der Waals surface area contributed by atoms with Gasteiger partial charge in [0.1, 0.15) is 0 Å². The van der Waals surface area contributed by atoms with Crippen molar-refractivity contribution in [1.29, 1.82) is 0 Å². The molecule has 4 rings (SSSR count). The summed E-state index contributed by atoms with van der Waals surface area (Å²) in [6.45, 7) is 48.2. The largest absolute Gasteiger partial charge is 1.00 e. The minimum absolute atomic E-state index is 0. The number of hydrogen-bond acceptors (Lipinski definition) is 0. The normalized spacial score (nSPS) is 15.1. The van der Waals surface area contributed by atoms with Gasteiger partial charge in [0.2, 0.25) is 0 Å². The maximum absolute atomic E-state index is 3.05. The first-order valence-corrected chi connectivity index (χ1v) is 23.3. The molecule has 0 spiro atoms. The van der Waals surface area contributed by atoms with E-state index in [1.807, 2.05) is 0 Å². The van der Waals surface area contributed by atoms with E-state index in [-0.39, 0.29) is 69.7 Å². The number of benzene rings is 3. The van der Waals surface area contributed by atoms with Crippen LogP contribution in [0.5, 0.6) is 0 Å². The Labute approximate surface area is 377 Å². The van der Waals surface area contributed by atoms with Crippen molar-refractivity contribution in [2.45, 2.75) is 184 Å². The Bertz CT molecular complexity index is 1630. The topological polar surface area (TPSA) is 0 Å². The molecule has 0 nitrogen and oxygen atoms in total. The molecular weight excluding hydrogens is 795 g/mol. The van der Waals surface area contributed by atoms with Gasteiger partial charge in [-0.25, -0.2) is 0 Å². The first-order valence-electron chi connectivity index (χ1n) is 20.5. The third-order valence-electron chi connectivity index (χ3n) is 11.9. The van der Waals surface area contributed by atoms with Crippen molar-refractivity contribution in [2.75, 3.05) is 0 Å². The maximum Gasteiger partial charge on any atom is -1.00 e. The number of allylic oxidation sites excluding steroid dienone is 4. The first-order chi connectivity index (χ1) is 23.8. The van der Waals surface area contributed by atoms with Crippen LogP contribution in [0.3, 0.4) is 0 Å². The van der Waals surface area contributed by atoms with Crippen LogP contribution in [0.25, 0.3) is 0 Å². The van der Waals surface area contributed by atoms with Gasteiger partial charge < -0.3 is 37.2 Å². The van der Waals surface area contributed by atoms with Gasteiger partial charge in [0.25, 0.3) is 0 Å². The molecule has 1 aliphatic carbocycles. The fraction of sp³-hybridized carbons (Fsp3) is 0.569. The summed E-state index contributed by atoms with van der Waals surface area (Å²) >= 11 is 2.47. The standard InChI is InChI=1S/C51H75Si.3ClH.Ti/c1-21-34(2)44-23-22-24-45(44)52(41-28-35(46(3,4)5)25-36(29-41)47(6,7)8,42-30-37(48(9,10)11)26-38(31-42)49(12,13)14)43-32-39(50(15,16)17)27-40(33-43)51(18,19)20;;;;/h23,25-34H,21-22H2,1-20H3;3*1H;/q;;;;+3/p-3. The van der Waals surface area contributed by atoms with Crippen molar-refractivity contribution in [3.05, 3.63) is 109 Å². The summed E-state index contributed by atoms with van der Waals surface area (Å²) in [7, 11) is -3.05. The molecule has 308 valence electrons. The van der Waals surface area contributed by atoms with Gasteiger partial charge >= 0.3 is 342 Å². The molecule has 0 fully saturated rings. The summed E-state index contributed by atoms with van der Waals surface area (Å²) in [4.78, 5) is 0. The molecule has 5 heteroatoms. The fourth-order valence-electron chi connectivity index (χ4n) is 7.76. The molecule has 1 aliphatic rings. The summed E-state index contributed by atoms with van der Waals surface area (Å²) in [6, 6.07) is 23.6. The van der Waals surface area contributed by atoms with Crippen molar-refractivity contribution in [3.8, 4) is 0 Å². The van der Waals surface area contributed by atoms with Crippen LogP contribution in [0.15, 0.2) is 75.3 Å². The van der Waals surface area contributed by atoms with E-state index < -0.39 is 8.07 Å². The fourth-order valence-corrected chi connectivity index (χ4v) is 14.5. The van der Waals surface area contributed by atoms with Crippen LogP contribution in [0.4, 0.5) is 0 Å². The third kappa shape index (κ3) is 11.0. The number of halogens is 3. The summed E-state index contributed by atoms with van der Waals surface area (Å²) in [5.74, 6) is 0.475. The zero-order valence-electron chi connectivity index (χ0n) is 38.9. The van der Waals surface area contributed by atoms with E-state index in [9.17, 15) is 0 Å². The third-order valence-corrected chi connectivity index (χ3v) is 17.8. The predicted octanol–water partition coefficient (Wildman–Crippen LogP) is 3.67. The molecular formula is C51H75Cl3SiTi. The van der Waals surface area contributed by atoms with Crippen LogP contribution in [0.1, 0.15) is 185 Å². The molecule has 0 saturated heterocycles. The van der Waals surface area contributed by atoms with Gasteiger partial charge in [0.15, 0.2) is 0 Å². The molecule has 0 radical (unpaired) electrons. The average molecular weight is 870 g/mol. The second-order valence-corrected chi connectivity index (χ2v) is 27.3. The van der Waals surface area contributed by atoms with Crippen LogP contribution in [0, 0.1) is 5.92 Å². The van der Waals surface area contributed by atoms with Crippen molar-refractivity contribution in [1.82, 2.24) is 0 Å². The molecule has 0 aliphatic heterocycles. The molecule has 0 bridgehead atoms. The Balaban J connectivity index is 0.00000523. The molecule has 0 saturated carbocycles. The van der Waals surface area contributed by atoms with Crippen LogP contribution in [-0.4, -0.2) is 8.07 Å². The molecule has 0 heterocycles. The van der Waals surface area contributed by atoms with Crippen molar-refractivity contribution in [3.63, 3.8) is 0 Å². The summed E-state index contributed by atoms with van der Waals surface area (Å²) < 4.78 is 1.56. The van der Waals surface area contributed by atoms with Gasteiger partial charge in [-0.05, 0) is 0 Å². The number of hydrogen-bond donors (Lipinski definition) is 0. The van der Waals surface area contributed by atoms with Gasteiger partial charge in [-0.2, -0.15) is 0 Å². The van der Waals surface area contributed by atoms with E-state index in [0.717, 1.165) is 12.8 Å². The second-order valence-electron chi connectivity index (χ2n) is 22.7. The Morgan fingerprint density at radius 2 is 0.696 bits per heavy atom. The zero-order valence-corrected chi connectivity index (χ0v) is 43.7. The molecule has 1 unspecified atom stereocenters. The molecule has 3 aromatic carbocycles. The van der Waals surface area contributed by atoms with Gasteiger partial charge in [-0.15, -0.1) is 0 Å². The van der Waals surface area contributed by atoms with Gasteiger partial charge in [0.05, 0.1) is 0 Å². The Hall–Kier alpha value is -1.06. The molecule has 0 aromatic heterocycles. The van der Waals surface area contributed by atoms with E-state index in [1.165, 1.54) is 48.9 Å². The SMILES string of the molecule is CCC(C)C1=CC[C]([Ti+3])=C1[Si](c1cc(C(C)(C)C)cc(C(C)(C)C)c1)(c1cc(C(C)(C)C)cc(C(C)(C)C)c1)c1cc(C(C)(C)C)cc(C(C)(C)C)c1.[Cl-].[Cl-].[Cl-]. The molecule has 0 amide bonds. The summed E-state index contributed by atoms with van der Waals surface area (Å²) in [6.07, 6.45) is 4.79. The quantitative estimate of drug-likeness (QED) is 0.263. The van der Waals surface area contributed by atoms with E-state index in [1.54, 1.807) is 14.6 Å². The van der Waals surface area contributed by atoms with Crippen LogP contribution in [-0.2, 0) is 52.9 Å². The minimum Gasteiger partial charge on any atom is -1.00 e. The molecule has 0 N–H and O–H groups in total. The Morgan fingerprint density at radius 1 is 0.464 bits per heavy atom. The van der Waals surface area contributed by atoms with Crippen LogP contribution < -0.4 is 52.8 Å². The minimum atomic E-state index is -3.05. The maximum atomic E-state index is 2.68. The average Bonchev–Trinajstić information content (AvgIpc) is 3.39. The monoisotopic (exact) mass is 868 g/mol. The Morgan fingerprint density at radius 3 is 0.893 bits per heavy atom. The molecule has 3 aromatic rings. The summed E-state index contributed by atoms with van der Waals surface area (Å²) in [5, 5.41) is 6.28. The van der Waals surface area contributed by atoms with Crippen LogP contribution in [0.2, 0.25) is 0 Å². The van der Waals surface area contributed by atoms with E-state index in [0.29, 0.717) is 5.92 Å².